The number of hydrogen-bond donors (Lipinski definition) is 1. The first-order valence-corrected chi connectivity index (χ1v) is 11.6. The van der Waals surface area contributed by atoms with Crippen molar-refractivity contribution in [3.05, 3.63) is 76.4 Å². The monoisotopic (exact) mass is 433 g/mol. The van der Waals surface area contributed by atoms with Gasteiger partial charge in [0, 0.05) is 38.3 Å². The summed E-state index contributed by atoms with van der Waals surface area (Å²) in [5.74, 6) is 0.972. The fraction of sp³-hybridized carbons (Fsp3) is 0.333. The van der Waals surface area contributed by atoms with Crippen molar-refractivity contribution in [2.75, 3.05) is 31.1 Å². The van der Waals surface area contributed by atoms with Crippen LogP contribution in [0, 0.1) is 6.92 Å². The first-order chi connectivity index (χ1) is 15.1. The number of rotatable bonds is 5. The molecule has 1 N–H and O–H groups in total. The summed E-state index contributed by atoms with van der Waals surface area (Å²) in [5.41, 5.74) is 3.69. The quantitative estimate of drug-likeness (QED) is 0.509. The molecule has 4 aromatic rings. The van der Waals surface area contributed by atoms with Crippen LogP contribution in [0.25, 0.3) is 4.96 Å². The van der Waals surface area contributed by atoms with Gasteiger partial charge in [0.25, 0.3) is 0 Å². The molecule has 0 spiro atoms. The van der Waals surface area contributed by atoms with Crippen molar-refractivity contribution < 1.29 is 5.11 Å². The second-order valence-electron chi connectivity index (χ2n) is 8.04. The summed E-state index contributed by atoms with van der Waals surface area (Å²) in [7, 11) is 0. The zero-order valence-corrected chi connectivity index (χ0v) is 18.7. The molecule has 1 saturated heterocycles. The number of hydrogen-bond acceptors (Lipinski definition) is 6. The van der Waals surface area contributed by atoms with E-state index in [0.29, 0.717) is 0 Å². The molecule has 0 aliphatic carbocycles. The maximum atomic E-state index is 11.1. The molecule has 1 fully saturated rings. The Kier molecular flexibility index (Phi) is 5.38. The Morgan fingerprint density at radius 3 is 2.35 bits per heavy atom. The van der Waals surface area contributed by atoms with Crippen molar-refractivity contribution in [1.29, 1.82) is 0 Å². The number of piperazine rings is 1. The minimum absolute atomic E-state index is 0.0166. The first-order valence-electron chi connectivity index (χ1n) is 10.8. The van der Waals surface area contributed by atoms with Crippen LogP contribution < -0.4 is 4.90 Å². The Morgan fingerprint density at radius 1 is 1.00 bits per heavy atom. The van der Waals surface area contributed by atoms with Crippen LogP contribution in [0.1, 0.15) is 34.8 Å². The second-order valence-corrected chi connectivity index (χ2v) is 9.05. The highest BCUT2D eigenvalue weighted by Crippen LogP contribution is 2.40. The molecule has 2 aromatic carbocycles. The summed E-state index contributed by atoms with van der Waals surface area (Å²) in [5, 5.41) is 15.6. The molecule has 1 aliphatic heterocycles. The number of fused-ring (bicyclic) bond motifs is 1. The van der Waals surface area contributed by atoms with Crippen LogP contribution in [0.15, 0.2) is 54.6 Å². The van der Waals surface area contributed by atoms with E-state index in [2.05, 4.69) is 81.4 Å². The van der Waals surface area contributed by atoms with Crippen LogP contribution in [0.4, 0.5) is 5.69 Å². The zero-order valence-electron chi connectivity index (χ0n) is 17.9. The average Bonchev–Trinajstić information content (AvgIpc) is 3.35. The van der Waals surface area contributed by atoms with Crippen LogP contribution in [-0.4, -0.2) is 50.8 Å². The lowest BCUT2D eigenvalue weighted by Crippen LogP contribution is -2.47. The van der Waals surface area contributed by atoms with Crippen LogP contribution >= 0.6 is 11.3 Å². The molecule has 1 aliphatic rings. The van der Waals surface area contributed by atoms with E-state index in [4.69, 9.17) is 0 Å². The molecular formula is C24H27N5OS. The van der Waals surface area contributed by atoms with E-state index >= 15 is 0 Å². The highest BCUT2D eigenvalue weighted by molar-refractivity contribution is 7.17. The van der Waals surface area contributed by atoms with E-state index in [-0.39, 0.29) is 11.9 Å². The molecule has 0 bridgehead atoms. The normalized spacial score (nSPS) is 16.1. The fourth-order valence-electron chi connectivity index (χ4n) is 4.27. The van der Waals surface area contributed by atoms with Gasteiger partial charge >= 0.3 is 0 Å². The third-order valence-corrected chi connectivity index (χ3v) is 7.07. The maximum absolute atomic E-state index is 11.1. The van der Waals surface area contributed by atoms with E-state index < -0.39 is 0 Å². The van der Waals surface area contributed by atoms with Crippen molar-refractivity contribution in [1.82, 2.24) is 19.5 Å². The zero-order chi connectivity index (χ0) is 21.4. The van der Waals surface area contributed by atoms with Crippen molar-refractivity contribution >= 4 is 22.0 Å². The van der Waals surface area contributed by atoms with Crippen molar-refractivity contribution in [3.8, 4) is 5.88 Å². The first kappa shape index (κ1) is 20.0. The standard InChI is InChI=1S/C24H27N5OS/c1-3-20-25-24-29(26-20)23(30)22(31-24)21(18-11-9-17(2)10-12-18)28-15-13-27(14-16-28)19-7-5-4-6-8-19/h4-12,21,30H,3,13-16H2,1-2H3. The Hall–Kier alpha value is -2.90. The number of nitrogens with zero attached hydrogens (tertiary/aromatic N) is 5. The highest BCUT2D eigenvalue weighted by atomic mass is 32.1. The molecule has 0 saturated carbocycles. The van der Waals surface area contributed by atoms with E-state index in [1.165, 1.54) is 16.8 Å². The largest absolute Gasteiger partial charge is 0.492 e. The summed E-state index contributed by atoms with van der Waals surface area (Å²) < 4.78 is 1.60. The van der Waals surface area contributed by atoms with Crippen molar-refractivity contribution in [3.63, 3.8) is 0 Å². The molecule has 1 unspecified atom stereocenters. The molecule has 2 aromatic heterocycles. The predicted octanol–water partition coefficient (Wildman–Crippen LogP) is 4.28. The maximum Gasteiger partial charge on any atom is 0.230 e. The van der Waals surface area contributed by atoms with Gasteiger partial charge in [-0.15, -0.1) is 5.10 Å². The van der Waals surface area contributed by atoms with Gasteiger partial charge in [-0.05, 0) is 24.6 Å². The van der Waals surface area contributed by atoms with Crippen molar-refractivity contribution in [2.45, 2.75) is 26.3 Å². The molecule has 6 nitrogen and oxygen atoms in total. The molecule has 160 valence electrons. The van der Waals surface area contributed by atoms with Crippen LogP contribution in [0.3, 0.4) is 0 Å². The Balaban J connectivity index is 1.48. The number of thiazole rings is 1. The Bertz CT molecular complexity index is 1160. The van der Waals surface area contributed by atoms with Crippen molar-refractivity contribution in [2.24, 2.45) is 0 Å². The minimum Gasteiger partial charge on any atom is -0.492 e. The number of anilines is 1. The molecule has 0 radical (unpaired) electrons. The third kappa shape index (κ3) is 3.79. The lowest BCUT2D eigenvalue weighted by molar-refractivity contribution is 0.211. The van der Waals surface area contributed by atoms with Gasteiger partial charge in [0.1, 0.15) is 0 Å². The predicted molar refractivity (Wildman–Crippen MR) is 125 cm³/mol. The topological polar surface area (TPSA) is 56.9 Å². The van der Waals surface area contributed by atoms with Crippen LogP contribution in [0.2, 0.25) is 0 Å². The molecule has 0 amide bonds. The van der Waals surface area contributed by atoms with Gasteiger partial charge in [0.15, 0.2) is 5.82 Å². The van der Waals surface area contributed by atoms with Gasteiger partial charge in [-0.3, -0.25) is 4.90 Å². The summed E-state index contributed by atoms with van der Waals surface area (Å²) >= 11 is 1.54. The Labute approximate surface area is 186 Å². The second kappa shape index (κ2) is 8.32. The molecule has 3 heterocycles. The van der Waals surface area contributed by atoms with E-state index in [1.807, 2.05) is 6.92 Å². The summed E-state index contributed by atoms with van der Waals surface area (Å²) in [6.45, 7) is 7.87. The molecule has 1 atom stereocenters. The summed E-state index contributed by atoms with van der Waals surface area (Å²) in [6.07, 6.45) is 0.756. The van der Waals surface area contributed by atoms with E-state index in [9.17, 15) is 5.11 Å². The van der Waals surface area contributed by atoms with Gasteiger partial charge in [0.05, 0.1) is 10.9 Å². The molecule has 31 heavy (non-hydrogen) atoms. The lowest BCUT2D eigenvalue weighted by atomic mass is 10.0. The average molecular weight is 434 g/mol. The lowest BCUT2D eigenvalue weighted by Gasteiger charge is -2.40. The number of aromatic hydroxyl groups is 1. The summed E-state index contributed by atoms with van der Waals surface area (Å²) in [6, 6.07) is 19.2. The fourth-order valence-corrected chi connectivity index (χ4v) is 5.41. The summed E-state index contributed by atoms with van der Waals surface area (Å²) in [4.78, 5) is 11.1. The molecule has 7 heteroatoms. The number of benzene rings is 2. The van der Waals surface area contributed by atoms with Gasteiger partial charge in [-0.25, -0.2) is 4.98 Å². The molecule has 5 rings (SSSR count). The highest BCUT2D eigenvalue weighted by Gasteiger charge is 2.31. The third-order valence-electron chi connectivity index (χ3n) is 6.00. The number of para-hydroxylation sites is 1. The molecular weight excluding hydrogens is 406 g/mol. The van der Waals surface area contributed by atoms with Gasteiger partial charge < -0.3 is 10.0 Å². The SMILES string of the molecule is CCc1nc2sc(C(c3ccc(C)cc3)N3CCN(c4ccccc4)CC3)c(O)n2n1. The smallest absolute Gasteiger partial charge is 0.230 e. The van der Waals surface area contributed by atoms with Gasteiger partial charge in [-0.1, -0.05) is 66.3 Å². The number of aryl methyl sites for hydroxylation is 2. The van der Waals surface area contributed by atoms with E-state index in [1.54, 1.807) is 15.9 Å². The van der Waals surface area contributed by atoms with E-state index in [0.717, 1.165) is 48.3 Å². The van der Waals surface area contributed by atoms with Gasteiger partial charge in [0.2, 0.25) is 10.8 Å². The Morgan fingerprint density at radius 2 is 1.71 bits per heavy atom. The van der Waals surface area contributed by atoms with Crippen LogP contribution in [-0.2, 0) is 6.42 Å². The number of aromatic nitrogens is 3. The minimum atomic E-state index is -0.0166. The van der Waals surface area contributed by atoms with Crippen LogP contribution in [0.5, 0.6) is 5.88 Å². The van der Waals surface area contributed by atoms with Gasteiger partial charge in [-0.2, -0.15) is 4.52 Å².